The number of carbonyl (C=O) groups excluding carboxylic acids is 2. The molecule has 172 valence electrons. The van der Waals surface area contributed by atoms with Crippen molar-refractivity contribution in [3.8, 4) is 11.1 Å². The number of para-hydroxylation sites is 1. The number of hydrogen-bond acceptors (Lipinski definition) is 3. The third-order valence-corrected chi connectivity index (χ3v) is 6.06. The Morgan fingerprint density at radius 3 is 2.09 bits per heavy atom. The molecule has 0 spiro atoms. The Labute approximate surface area is 203 Å². The Morgan fingerprint density at radius 1 is 0.657 bits per heavy atom. The molecule has 2 N–H and O–H groups in total. The minimum Gasteiger partial charge on any atom is -0.449 e. The summed E-state index contributed by atoms with van der Waals surface area (Å²) in [5, 5.41) is 6.44. The highest BCUT2D eigenvalue weighted by Crippen LogP contribution is 2.32. The minimum absolute atomic E-state index is 0.0543. The van der Waals surface area contributed by atoms with E-state index in [1.54, 1.807) is 18.2 Å². The van der Waals surface area contributed by atoms with Crippen LogP contribution in [0.3, 0.4) is 0 Å². The lowest BCUT2D eigenvalue weighted by molar-refractivity contribution is 0.0999. The molecule has 0 saturated heterocycles. The van der Waals surface area contributed by atoms with Gasteiger partial charge in [0.15, 0.2) is 0 Å². The summed E-state index contributed by atoms with van der Waals surface area (Å²) in [5.41, 5.74) is 6.31. The number of rotatable bonds is 5. The van der Waals surface area contributed by atoms with Gasteiger partial charge in [0.25, 0.3) is 11.8 Å². The summed E-state index contributed by atoms with van der Waals surface area (Å²) in [7, 11) is 0. The van der Waals surface area contributed by atoms with Crippen molar-refractivity contribution in [2.24, 2.45) is 0 Å². The van der Waals surface area contributed by atoms with E-state index in [0.717, 1.165) is 22.3 Å². The average molecular weight is 461 g/mol. The van der Waals surface area contributed by atoms with Crippen LogP contribution in [0.25, 0.3) is 22.1 Å². The monoisotopic (exact) mass is 460 g/mol. The lowest BCUT2D eigenvalue weighted by atomic mass is 10.0. The number of anilines is 2. The van der Waals surface area contributed by atoms with E-state index in [1.165, 1.54) is 0 Å². The van der Waals surface area contributed by atoms with Gasteiger partial charge in [-0.15, -0.1) is 0 Å². The molecule has 0 bridgehead atoms. The number of hydrogen-bond donors (Lipinski definition) is 2. The van der Waals surface area contributed by atoms with Crippen LogP contribution in [0.1, 0.15) is 32.0 Å². The number of furan rings is 1. The molecule has 1 heterocycles. The van der Waals surface area contributed by atoms with Crippen LogP contribution in [-0.4, -0.2) is 11.8 Å². The first kappa shape index (κ1) is 22.2. The zero-order valence-electron chi connectivity index (χ0n) is 19.5. The number of aryl methyl sites for hydroxylation is 2. The highest BCUT2D eigenvalue weighted by Gasteiger charge is 2.23. The molecule has 5 nitrogen and oxygen atoms in total. The Kier molecular flexibility index (Phi) is 5.90. The van der Waals surface area contributed by atoms with Crippen LogP contribution in [0.5, 0.6) is 0 Å². The van der Waals surface area contributed by atoms with E-state index >= 15 is 0 Å². The Morgan fingerprint density at radius 2 is 1.34 bits per heavy atom. The van der Waals surface area contributed by atoms with Gasteiger partial charge in [-0.3, -0.25) is 9.59 Å². The van der Waals surface area contributed by atoms with E-state index in [1.807, 2.05) is 92.7 Å². The normalized spacial score (nSPS) is 10.8. The maximum absolute atomic E-state index is 13.2. The van der Waals surface area contributed by atoms with Crippen LogP contribution in [0.2, 0.25) is 0 Å². The van der Waals surface area contributed by atoms with Gasteiger partial charge >= 0.3 is 0 Å². The zero-order chi connectivity index (χ0) is 24.4. The number of carbonyl (C=O) groups is 2. The predicted octanol–water partition coefficient (Wildman–Crippen LogP) is 7.22. The number of fused-ring (bicyclic) bond motifs is 1. The Hall–Kier alpha value is -4.64. The third-order valence-electron chi connectivity index (χ3n) is 6.06. The van der Waals surface area contributed by atoms with Crippen LogP contribution in [0.15, 0.2) is 101 Å². The highest BCUT2D eigenvalue weighted by molar-refractivity contribution is 6.17. The summed E-state index contributed by atoms with van der Waals surface area (Å²) < 4.78 is 5.87. The molecular formula is C30H24N2O3. The second-order valence-electron chi connectivity index (χ2n) is 8.45. The van der Waals surface area contributed by atoms with Crippen LogP contribution in [0, 0.1) is 13.8 Å². The van der Waals surface area contributed by atoms with Crippen molar-refractivity contribution in [2.75, 3.05) is 10.6 Å². The maximum atomic E-state index is 13.2. The standard InChI is InChI=1S/C30H24N2O3/c1-19-12-17-24(18-20(19)2)31-30(34)28-27(25-10-6-7-11-26(25)35-28)32-29(33)23-15-13-22(14-16-23)21-8-4-3-5-9-21/h3-18H,1-2H3,(H,31,34)(H,32,33). The van der Waals surface area contributed by atoms with Crippen LogP contribution in [0.4, 0.5) is 11.4 Å². The largest absolute Gasteiger partial charge is 0.449 e. The van der Waals surface area contributed by atoms with E-state index in [-0.39, 0.29) is 11.7 Å². The number of nitrogens with one attached hydrogen (secondary N) is 2. The molecule has 0 fully saturated rings. The number of amides is 2. The van der Waals surface area contributed by atoms with E-state index in [2.05, 4.69) is 10.6 Å². The molecule has 5 aromatic rings. The summed E-state index contributed by atoms with van der Waals surface area (Å²) in [6.07, 6.45) is 0. The van der Waals surface area contributed by atoms with Gasteiger partial charge in [-0.05, 0) is 72.5 Å². The molecule has 0 unspecified atom stereocenters. The van der Waals surface area contributed by atoms with Crippen molar-refractivity contribution in [3.63, 3.8) is 0 Å². The summed E-state index contributed by atoms with van der Waals surface area (Å²) >= 11 is 0. The summed E-state index contributed by atoms with van der Waals surface area (Å²) in [6.45, 7) is 4.00. The lowest BCUT2D eigenvalue weighted by Crippen LogP contribution is -2.17. The van der Waals surface area contributed by atoms with Crippen LogP contribution in [-0.2, 0) is 0 Å². The van der Waals surface area contributed by atoms with Gasteiger partial charge < -0.3 is 15.1 Å². The molecule has 0 atom stereocenters. The quantitative estimate of drug-likeness (QED) is 0.291. The fraction of sp³-hybridized carbons (Fsp3) is 0.0667. The fourth-order valence-corrected chi connectivity index (χ4v) is 3.97. The second-order valence-corrected chi connectivity index (χ2v) is 8.45. The third kappa shape index (κ3) is 4.57. The van der Waals surface area contributed by atoms with Gasteiger partial charge in [0, 0.05) is 16.6 Å². The molecule has 0 aliphatic carbocycles. The first-order valence-electron chi connectivity index (χ1n) is 11.4. The molecule has 4 aromatic carbocycles. The lowest BCUT2D eigenvalue weighted by Gasteiger charge is -2.09. The van der Waals surface area contributed by atoms with E-state index < -0.39 is 5.91 Å². The molecule has 5 rings (SSSR count). The molecule has 0 radical (unpaired) electrons. The molecule has 35 heavy (non-hydrogen) atoms. The second kappa shape index (κ2) is 9.31. The molecule has 2 amide bonds. The van der Waals surface area contributed by atoms with Gasteiger partial charge in [0.2, 0.25) is 5.76 Å². The van der Waals surface area contributed by atoms with Crippen LogP contribution < -0.4 is 10.6 Å². The van der Waals surface area contributed by atoms with E-state index in [0.29, 0.717) is 27.9 Å². The molecule has 1 aromatic heterocycles. The molecular weight excluding hydrogens is 436 g/mol. The van der Waals surface area contributed by atoms with E-state index in [9.17, 15) is 9.59 Å². The first-order valence-corrected chi connectivity index (χ1v) is 11.4. The van der Waals surface area contributed by atoms with Gasteiger partial charge in [-0.1, -0.05) is 60.7 Å². The zero-order valence-corrected chi connectivity index (χ0v) is 19.5. The van der Waals surface area contributed by atoms with Gasteiger partial charge in [0.1, 0.15) is 11.3 Å². The van der Waals surface area contributed by atoms with Crippen molar-refractivity contribution in [2.45, 2.75) is 13.8 Å². The van der Waals surface area contributed by atoms with Gasteiger partial charge in [0.05, 0.1) is 0 Å². The summed E-state index contributed by atoms with van der Waals surface area (Å²) in [4.78, 5) is 26.3. The van der Waals surface area contributed by atoms with E-state index in [4.69, 9.17) is 4.42 Å². The van der Waals surface area contributed by atoms with Gasteiger partial charge in [-0.2, -0.15) is 0 Å². The topological polar surface area (TPSA) is 71.3 Å². The number of benzene rings is 4. The SMILES string of the molecule is Cc1ccc(NC(=O)c2oc3ccccc3c2NC(=O)c2ccc(-c3ccccc3)cc2)cc1C. The van der Waals surface area contributed by atoms with Crippen molar-refractivity contribution >= 4 is 34.2 Å². The van der Waals surface area contributed by atoms with Crippen molar-refractivity contribution in [1.29, 1.82) is 0 Å². The van der Waals surface area contributed by atoms with Crippen molar-refractivity contribution < 1.29 is 14.0 Å². The smallest absolute Gasteiger partial charge is 0.293 e. The van der Waals surface area contributed by atoms with Crippen LogP contribution >= 0.6 is 0 Å². The summed E-state index contributed by atoms with van der Waals surface area (Å²) in [5.74, 6) is -0.700. The Balaban J connectivity index is 1.43. The van der Waals surface area contributed by atoms with Crippen molar-refractivity contribution in [3.05, 3.63) is 120 Å². The fourth-order valence-electron chi connectivity index (χ4n) is 3.97. The molecule has 0 aliphatic heterocycles. The van der Waals surface area contributed by atoms with Gasteiger partial charge in [-0.25, -0.2) is 0 Å². The highest BCUT2D eigenvalue weighted by atomic mass is 16.3. The minimum atomic E-state index is -0.431. The Bertz CT molecular complexity index is 1530. The first-order chi connectivity index (χ1) is 17.0. The molecule has 5 heteroatoms. The molecule has 0 aliphatic rings. The maximum Gasteiger partial charge on any atom is 0.293 e. The molecule has 0 saturated carbocycles. The average Bonchev–Trinajstić information content (AvgIpc) is 3.25. The predicted molar refractivity (Wildman–Crippen MR) is 140 cm³/mol. The summed E-state index contributed by atoms with van der Waals surface area (Å²) in [6, 6.07) is 30.3. The van der Waals surface area contributed by atoms with Crippen molar-refractivity contribution in [1.82, 2.24) is 0 Å².